The molecule has 2 aliphatic rings. The fraction of sp³-hybridized carbons (Fsp3) is 0.233. The second-order valence-electron chi connectivity index (χ2n) is 9.75. The van der Waals surface area contributed by atoms with Crippen LogP contribution in [0.3, 0.4) is 0 Å². The van der Waals surface area contributed by atoms with Crippen LogP contribution in [0, 0.1) is 6.92 Å². The van der Waals surface area contributed by atoms with Crippen molar-refractivity contribution in [2.45, 2.75) is 11.8 Å². The monoisotopic (exact) mass is 590 g/mol. The number of carbonyl (C=O) groups excluding carboxylic acids is 3. The molecular formula is C30H30N4O5S2. The maximum Gasteiger partial charge on any atom is 0.293 e. The van der Waals surface area contributed by atoms with Crippen LogP contribution < -0.4 is 10.2 Å². The summed E-state index contributed by atoms with van der Waals surface area (Å²) in [6, 6.07) is 23.4. The Labute approximate surface area is 243 Å². The molecule has 41 heavy (non-hydrogen) atoms. The van der Waals surface area contributed by atoms with Crippen molar-refractivity contribution in [2.24, 2.45) is 0 Å². The molecule has 0 atom stereocenters. The zero-order valence-electron chi connectivity index (χ0n) is 22.5. The molecule has 0 radical (unpaired) electrons. The van der Waals surface area contributed by atoms with Gasteiger partial charge in [-0.1, -0.05) is 54.1 Å². The Balaban J connectivity index is 1.17. The van der Waals surface area contributed by atoms with Crippen LogP contribution in [0.2, 0.25) is 0 Å². The summed E-state index contributed by atoms with van der Waals surface area (Å²) in [5.41, 5.74) is 3.15. The van der Waals surface area contributed by atoms with Crippen LogP contribution in [0.1, 0.15) is 21.5 Å². The summed E-state index contributed by atoms with van der Waals surface area (Å²) < 4.78 is 28.1. The number of nitrogens with one attached hydrogen (secondary N) is 1. The number of sulfonamides is 1. The SMILES string of the molecule is Cc1ccc(C=C2SC(=O)N(CCNC(=O)c3cccc(S(=O)(=O)N4CCN(c5ccccc5)CC4)c3)C2=O)cc1. The van der Waals surface area contributed by atoms with Gasteiger partial charge in [0, 0.05) is 50.5 Å². The van der Waals surface area contributed by atoms with Gasteiger partial charge in [-0.15, -0.1) is 0 Å². The van der Waals surface area contributed by atoms with Gasteiger partial charge in [-0.2, -0.15) is 4.31 Å². The largest absolute Gasteiger partial charge is 0.369 e. The highest BCUT2D eigenvalue weighted by molar-refractivity contribution is 8.18. The minimum absolute atomic E-state index is 0.00528. The predicted octanol–water partition coefficient (Wildman–Crippen LogP) is 3.97. The first kappa shape index (κ1) is 28.6. The number of nitrogens with zero attached hydrogens (tertiary/aromatic N) is 3. The number of hydrogen-bond acceptors (Lipinski definition) is 7. The van der Waals surface area contributed by atoms with Gasteiger partial charge < -0.3 is 10.2 Å². The fourth-order valence-electron chi connectivity index (χ4n) is 4.66. The van der Waals surface area contributed by atoms with Crippen LogP contribution in [0.15, 0.2) is 88.7 Å². The first-order valence-corrected chi connectivity index (χ1v) is 15.5. The van der Waals surface area contributed by atoms with Gasteiger partial charge in [0.2, 0.25) is 10.0 Å². The molecule has 3 amide bonds. The number of anilines is 1. The third-order valence-electron chi connectivity index (χ3n) is 6.96. The van der Waals surface area contributed by atoms with Gasteiger partial charge in [0.05, 0.1) is 9.80 Å². The van der Waals surface area contributed by atoms with E-state index in [0.717, 1.165) is 33.5 Å². The zero-order chi connectivity index (χ0) is 29.0. The highest BCUT2D eigenvalue weighted by atomic mass is 32.2. The first-order chi connectivity index (χ1) is 19.7. The molecule has 3 aromatic rings. The lowest BCUT2D eigenvalue weighted by molar-refractivity contribution is -0.122. The molecule has 11 heteroatoms. The number of hydrogen-bond donors (Lipinski definition) is 1. The summed E-state index contributed by atoms with van der Waals surface area (Å²) in [6.07, 6.45) is 1.68. The molecule has 0 unspecified atom stereocenters. The number of aryl methyl sites for hydroxylation is 1. The Morgan fingerprint density at radius 1 is 0.927 bits per heavy atom. The highest BCUT2D eigenvalue weighted by Crippen LogP contribution is 2.32. The van der Waals surface area contributed by atoms with Crippen LogP contribution in [-0.2, 0) is 14.8 Å². The Bertz CT molecular complexity index is 1580. The third-order valence-corrected chi connectivity index (χ3v) is 9.77. The second-order valence-corrected chi connectivity index (χ2v) is 12.7. The van der Waals surface area contributed by atoms with E-state index in [0.29, 0.717) is 31.1 Å². The molecule has 0 aromatic heterocycles. The average Bonchev–Trinajstić information content (AvgIpc) is 3.26. The van der Waals surface area contributed by atoms with Gasteiger partial charge >= 0.3 is 0 Å². The minimum atomic E-state index is -3.79. The van der Waals surface area contributed by atoms with E-state index in [9.17, 15) is 22.8 Å². The summed E-state index contributed by atoms with van der Waals surface area (Å²) >= 11 is 0.864. The molecule has 2 heterocycles. The molecule has 2 fully saturated rings. The van der Waals surface area contributed by atoms with Crippen molar-refractivity contribution in [2.75, 3.05) is 44.2 Å². The Morgan fingerprint density at radius 2 is 1.63 bits per heavy atom. The maximum atomic E-state index is 13.3. The van der Waals surface area contributed by atoms with Crippen molar-refractivity contribution >= 4 is 50.6 Å². The summed E-state index contributed by atoms with van der Waals surface area (Å²) in [7, 11) is -3.79. The number of benzene rings is 3. The molecule has 2 aliphatic heterocycles. The molecule has 3 aromatic carbocycles. The Kier molecular flexibility index (Phi) is 8.57. The molecule has 9 nitrogen and oxygen atoms in total. The van der Waals surface area contributed by atoms with Crippen LogP contribution in [0.25, 0.3) is 6.08 Å². The molecule has 212 valence electrons. The van der Waals surface area contributed by atoms with E-state index >= 15 is 0 Å². The number of thioether (sulfide) groups is 1. The Morgan fingerprint density at radius 3 is 2.34 bits per heavy atom. The predicted molar refractivity (Wildman–Crippen MR) is 160 cm³/mol. The van der Waals surface area contributed by atoms with Crippen LogP contribution in [0.5, 0.6) is 0 Å². The summed E-state index contributed by atoms with van der Waals surface area (Å²) in [5.74, 6) is -0.895. The average molecular weight is 591 g/mol. The number of piperazine rings is 1. The van der Waals surface area contributed by atoms with E-state index in [1.165, 1.54) is 28.6 Å². The van der Waals surface area contributed by atoms with Crippen LogP contribution >= 0.6 is 11.8 Å². The van der Waals surface area contributed by atoms with Gasteiger partial charge in [-0.3, -0.25) is 19.3 Å². The van der Waals surface area contributed by atoms with Gasteiger partial charge in [0.25, 0.3) is 17.1 Å². The van der Waals surface area contributed by atoms with E-state index < -0.39 is 27.1 Å². The van der Waals surface area contributed by atoms with Crippen LogP contribution in [-0.4, -0.2) is 73.9 Å². The first-order valence-electron chi connectivity index (χ1n) is 13.2. The molecule has 0 bridgehead atoms. The molecule has 0 spiro atoms. The van der Waals surface area contributed by atoms with Gasteiger partial charge in [0.15, 0.2) is 0 Å². The summed E-state index contributed by atoms with van der Waals surface area (Å²) in [4.78, 5) is 41.7. The van der Waals surface area contributed by atoms with Crippen molar-refractivity contribution in [1.82, 2.24) is 14.5 Å². The minimum Gasteiger partial charge on any atom is -0.369 e. The summed E-state index contributed by atoms with van der Waals surface area (Å²) in [6.45, 7) is 3.82. The quantitative estimate of drug-likeness (QED) is 0.396. The number of carbonyl (C=O) groups is 3. The van der Waals surface area contributed by atoms with E-state index in [4.69, 9.17) is 0 Å². The lowest BCUT2D eigenvalue weighted by atomic mass is 10.1. The highest BCUT2D eigenvalue weighted by Gasteiger charge is 2.35. The molecule has 1 N–H and O–H groups in total. The van der Waals surface area contributed by atoms with Crippen LogP contribution in [0.4, 0.5) is 10.5 Å². The van der Waals surface area contributed by atoms with Crippen molar-refractivity contribution < 1.29 is 22.8 Å². The number of para-hydroxylation sites is 1. The second kappa shape index (κ2) is 12.3. The van der Waals surface area contributed by atoms with E-state index in [1.807, 2.05) is 61.5 Å². The number of rotatable bonds is 8. The van der Waals surface area contributed by atoms with Crippen molar-refractivity contribution in [3.63, 3.8) is 0 Å². The zero-order valence-corrected chi connectivity index (χ0v) is 24.2. The number of amides is 3. The molecule has 2 saturated heterocycles. The maximum absolute atomic E-state index is 13.3. The fourth-order valence-corrected chi connectivity index (χ4v) is 7.00. The molecular weight excluding hydrogens is 560 g/mol. The van der Waals surface area contributed by atoms with E-state index in [1.54, 1.807) is 6.08 Å². The van der Waals surface area contributed by atoms with Crippen molar-refractivity contribution in [3.05, 3.63) is 100 Å². The topological polar surface area (TPSA) is 107 Å². The standard InChI is InChI=1S/C30H30N4O5S2/c1-22-10-12-23(13-11-22)20-27-29(36)34(30(37)40-27)15-14-31-28(35)24-6-5-9-26(21-24)41(38,39)33-18-16-32(17-19-33)25-7-3-2-4-8-25/h2-13,20-21H,14-19H2,1H3,(H,31,35). The lowest BCUT2D eigenvalue weighted by Gasteiger charge is -2.35. The van der Waals surface area contributed by atoms with E-state index in [2.05, 4.69) is 10.2 Å². The Hall–Kier alpha value is -3.93. The number of imide groups is 1. The van der Waals surface area contributed by atoms with Gasteiger partial charge in [-0.05, 0) is 60.7 Å². The van der Waals surface area contributed by atoms with Crippen molar-refractivity contribution in [1.29, 1.82) is 0 Å². The lowest BCUT2D eigenvalue weighted by Crippen LogP contribution is -2.48. The third kappa shape index (κ3) is 6.53. The molecule has 0 saturated carbocycles. The smallest absolute Gasteiger partial charge is 0.293 e. The van der Waals surface area contributed by atoms with Crippen molar-refractivity contribution in [3.8, 4) is 0 Å². The van der Waals surface area contributed by atoms with Gasteiger partial charge in [0.1, 0.15) is 0 Å². The molecule has 0 aliphatic carbocycles. The van der Waals surface area contributed by atoms with Gasteiger partial charge in [-0.25, -0.2) is 8.42 Å². The normalized spacial score (nSPS) is 17.3. The summed E-state index contributed by atoms with van der Waals surface area (Å²) in [5, 5.41) is 2.29. The van der Waals surface area contributed by atoms with E-state index in [-0.39, 0.29) is 23.5 Å². The molecule has 5 rings (SSSR count).